The number of halogens is 1. The summed E-state index contributed by atoms with van der Waals surface area (Å²) >= 11 is 5.68. The van der Waals surface area contributed by atoms with E-state index in [0.717, 1.165) is 12.8 Å². The third-order valence-corrected chi connectivity index (χ3v) is 2.18. The molecule has 74 valence electrons. The van der Waals surface area contributed by atoms with Gasteiger partial charge in [-0.1, -0.05) is 11.6 Å². The normalized spacial score (nSPS) is 15.2. The molecule has 1 aromatic heterocycles. The Morgan fingerprint density at radius 3 is 2.86 bits per heavy atom. The molecule has 0 aliphatic heterocycles. The van der Waals surface area contributed by atoms with Crippen molar-refractivity contribution >= 4 is 23.3 Å². The number of amides is 1. The smallest absolute Gasteiger partial charge is 0.251 e. The molecule has 5 heteroatoms. The van der Waals surface area contributed by atoms with Crippen LogP contribution in [0.25, 0.3) is 0 Å². The van der Waals surface area contributed by atoms with Crippen molar-refractivity contribution in [1.29, 1.82) is 0 Å². The number of anilines is 1. The van der Waals surface area contributed by atoms with Crippen LogP contribution in [0.2, 0.25) is 5.15 Å². The van der Waals surface area contributed by atoms with Crippen LogP contribution in [0.1, 0.15) is 23.2 Å². The van der Waals surface area contributed by atoms with E-state index in [2.05, 4.69) is 10.3 Å². The molecule has 0 atom stereocenters. The number of carbonyl (C=O) groups excluding carboxylic acids is 1. The number of rotatable bonds is 2. The molecule has 1 aromatic rings. The maximum absolute atomic E-state index is 11.5. The highest BCUT2D eigenvalue weighted by Gasteiger charge is 2.23. The fourth-order valence-electron chi connectivity index (χ4n) is 1.14. The molecular formula is C9H10ClN3O. The number of nitrogen functional groups attached to an aromatic ring is 1. The van der Waals surface area contributed by atoms with Crippen LogP contribution in [0.3, 0.4) is 0 Å². The molecule has 14 heavy (non-hydrogen) atoms. The van der Waals surface area contributed by atoms with E-state index in [1.54, 1.807) is 0 Å². The molecule has 0 unspecified atom stereocenters. The van der Waals surface area contributed by atoms with Crippen LogP contribution in [0, 0.1) is 0 Å². The average Bonchev–Trinajstić information content (AvgIpc) is 2.86. The lowest BCUT2D eigenvalue weighted by Gasteiger charge is -2.03. The van der Waals surface area contributed by atoms with E-state index in [1.807, 2.05) is 0 Å². The van der Waals surface area contributed by atoms with Crippen LogP contribution in [0.5, 0.6) is 0 Å². The molecule has 0 spiro atoms. The van der Waals surface area contributed by atoms with E-state index < -0.39 is 0 Å². The maximum atomic E-state index is 11.5. The third-order valence-electron chi connectivity index (χ3n) is 1.99. The number of carbonyl (C=O) groups is 1. The summed E-state index contributed by atoms with van der Waals surface area (Å²) in [4.78, 5) is 15.3. The fraction of sp³-hybridized carbons (Fsp3) is 0.333. The summed E-state index contributed by atoms with van der Waals surface area (Å²) in [5, 5.41) is 3.09. The molecule has 1 amide bonds. The van der Waals surface area contributed by atoms with E-state index in [1.165, 1.54) is 12.1 Å². The van der Waals surface area contributed by atoms with Gasteiger partial charge in [0.15, 0.2) is 0 Å². The monoisotopic (exact) mass is 211 g/mol. The van der Waals surface area contributed by atoms with E-state index in [0.29, 0.717) is 11.6 Å². The number of aromatic nitrogens is 1. The van der Waals surface area contributed by atoms with Crippen LogP contribution in [-0.4, -0.2) is 16.9 Å². The van der Waals surface area contributed by atoms with E-state index in [-0.39, 0.29) is 16.9 Å². The Hall–Kier alpha value is -1.29. The minimum atomic E-state index is -0.136. The average molecular weight is 212 g/mol. The molecule has 1 fully saturated rings. The van der Waals surface area contributed by atoms with Crippen LogP contribution < -0.4 is 11.1 Å². The van der Waals surface area contributed by atoms with Gasteiger partial charge < -0.3 is 11.1 Å². The Bertz CT molecular complexity index is 356. The predicted octanol–water partition coefficient (Wildman–Crippen LogP) is 1.21. The van der Waals surface area contributed by atoms with Gasteiger partial charge in [-0.2, -0.15) is 0 Å². The fourth-order valence-corrected chi connectivity index (χ4v) is 1.36. The molecular weight excluding hydrogens is 202 g/mol. The number of nitrogens with two attached hydrogens (primary N) is 1. The first-order chi connectivity index (χ1) is 6.65. The van der Waals surface area contributed by atoms with Gasteiger partial charge in [0.05, 0.1) is 0 Å². The number of nitrogens with zero attached hydrogens (tertiary/aromatic N) is 1. The quantitative estimate of drug-likeness (QED) is 0.723. The van der Waals surface area contributed by atoms with Gasteiger partial charge in [-0.15, -0.1) is 0 Å². The molecule has 4 nitrogen and oxygen atoms in total. The van der Waals surface area contributed by atoms with Gasteiger partial charge in [-0.3, -0.25) is 4.79 Å². The molecule has 0 aromatic carbocycles. The topological polar surface area (TPSA) is 68.0 Å². The Morgan fingerprint density at radius 1 is 1.57 bits per heavy atom. The van der Waals surface area contributed by atoms with E-state index >= 15 is 0 Å². The summed E-state index contributed by atoms with van der Waals surface area (Å²) in [6, 6.07) is 3.36. The van der Waals surface area contributed by atoms with E-state index in [9.17, 15) is 4.79 Å². The lowest BCUT2D eigenvalue weighted by molar-refractivity contribution is 0.0951. The van der Waals surface area contributed by atoms with Gasteiger partial charge in [-0.05, 0) is 25.0 Å². The Balaban J connectivity index is 2.17. The summed E-state index contributed by atoms with van der Waals surface area (Å²) in [7, 11) is 0. The van der Waals surface area contributed by atoms with Gasteiger partial charge in [0.25, 0.3) is 5.91 Å². The van der Waals surface area contributed by atoms with Crippen molar-refractivity contribution in [3.05, 3.63) is 22.8 Å². The van der Waals surface area contributed by atoms with Crippen molar-refractivity contribution in [3.8, 4) is 0 Å². The zero-order valence-corrected chi connectivity index (χ0v) is 8.21. The van der Waals surface area contributed by atoms with Crippen LogP contribution in [-0.2, 0) is 0 Å². The number of nitrogens with one attached hydrogen (secondary N) is 1. The minimum absolute atomic E-state index is 0.136. The second-order valence-corrected chi connectivity index (χ2v) is 3.74. The van der Waals surface area contributed by atoms with Crippen molar-refractivity contribution in [3.63, 3.8) is 0 Å². The number of pyridine rings is 1. The molecule has 0 bridgehead atoms. The second-order valence-electron chi connectivity index (χ2n) is 3.35. The zero-order chi connectivity index (χ0) is 10.1. The van der Waals surface area contributed by atoms with Gasteiger partial charge >= 0.3 is 0 Å². The lowest BCUT2D eigenvalue weighted by atomic mass is 10.2. The summed E-state index contributed by atoms with van der Waals surface area (Å²) in [6.07, 6.45) is 2.11. The van der Waals surface area contributed by atoms with Gasteiger partial charge in [0.1, 0.15) is 11.0 Å². The largest absolute Gasteiger partial charge is 0.384 e. The lowest BCUT2D eigenvalue weighted by Crippen LogP contribution is -2.25. The van der Waals surface area contributed by atoms with Gasteiger partial charge in [0.2, 0.25) is 0 Å². The first-order valence-corrected chi connectivity index (χ1v) is 4.77. The summed E-state index contributed by atoms with van der Waals surface area (Å²) < 4.78 is 0. The minimum Gasteiger partial charge on any atom is -0.384 e. The molecule has 2 rings (SSSR count). The van der Waals surface area contributed by atoms with Gasteiger partial charge in [0, 0.05) is 11.6 Å². The Kier molecular flexibility index (Phi) is 2.29. The Morgan fingerprint density at radius 2 is 2.29 bits per heavy atom. The number of hydrogen-bond acceptors (Lipinski definition) is 3. The molecule has 1 heterocycles. The van der Waals surface area contributed by atoms with Crippen LogP contribution >= 0.6 is 11.6 Å². The molecule has 3 N–H and O–H groups in total. The molecule has 1 saturated carbocycles. The highest BCUT2D eigenvalue weighted by Crippen LogP contribution is 2.20. The van der Waals surface area contributed by atoms with Crippen molar-refractivity contribution in [2.45, 2.75) is 18.9 Å². The van der Waals surface area contributed by atoms with Crippen LogP contribution in [0.4, 0.5) is 5.82 Å². The SMILES string of the molecule is Nc1cc(C(=O)NC2CC2)cc(Cl)n1. The second kappa shape index (κ2) is 3.46. The Labute approximate surface area is 86.5 Å². The van der Waals surface area contributed by atoms with Crippen molar-refractivity contribution in [2.24, 2.45) is 0 Å². The van der Waals surface area contributed by atoms with Crippen molar-refractivity contribution in [2.75, 3.05) is 5.73 Å². The highest BCUT2D eigenvalue weighted by atomic mass is 35.5. The highest BCUT2D eigenvalue weighted by molar-refractivity contribution is 6.29. The first kappa shape index (κ1) is 9.27. The molecule has 0 saturated heterocycles. The molecule has 1 aliphatic carbocycles. The summed E-state index contributed by atoms with van der Waals surface area (Å²) in [6.45, 7) is 0. The third kappa shape index (κ3) is 2.14. The molecule has 1 aliphatic rings. The maximum Gasteiger partial charge on any atom is 0.251 e. The standard InChI is InChI=1S/C9H10ClN3O/c10-7-3-5(4-8(11)13-7)9(14)12-6-1-2-6/h3-4,6H,1-2H2,(H2,11,13)(H,12,14). The van der Waals surface area contributed by atoms with Crippen molar-refractivity contribution < 1.29 is 4.79 Å². The number of hydrogen-bond donors (Lipinski definition) is 2. The zero-order valence-electron chi connectivity index (χ0n) is 7.46. The van der Waals surface area contributed by atoms with Crippen molar-refractivity contribution in [1.82, 2.24) is 10.3 Å². The van der Waals surface area contributed by atoms with Crippen LogP contribution in [0.15, 0.2) is 12.1 Å². The summed E-state index contributed by atoms with van der Waals surface area (Å²) in [5.41, 5.74) is 5.94. The first-order valence-electron chi connectivity index (χ1n) is 4.39. The summed E-state index contributed by atoms with van der Waals surface area (Å²) in [5.74, 6) is 0.127. The molecule has 0 radical (unpaired) electrons. The van der Waals surface area contributed by atoms with Gasteiger partial charge in [-0.25, -0.2) is 4.98 Å². The predicted molar refractivity (Wildman–Crippen MR) is 54.1 cm³/mol. The van der Waals surface area contributed by atoms with E-state index in [4.69, 9.17) is 17.3 Å².